The van der Waals surface area contributed by atoms with Gasteiger partial charge in [-0.3, -0.25) is 4.90 Å². The van der Waals surface area contributed by atoms with Gasteiger partial charge in [0.15, 0.2) is 0 Å². The van der Waals surface area contributed by atoms with Gasteiger partial charge in [0.2, 0.25) is 0 Å². The largest absolute Gasteiger partial charge is 0.297 e. The molecule has 0 aliphatic carbocycles. The lowest BCUT2D eigenvalue weighted by Crippen LogP contribution is -2.39. The van der Waals surface area contributed by atoms with Crippen molar-refractivity contribution in [3.05, 3.63) is 33.8 Å². The summed E-state index contributed by atoms with van der Waals surface area (Å²) in [6.45, 7) is 11.6. The van der Waals surface area contributed by atoms with Crippen LogP contribution in [-0.4, -0.2) is 18.0 Å². The molecule has 1 nitrogen and oxygen atoms in total. The molecule has 1 atom stereocenters. The van der Waals surface area contributed by atoms with Gasteiger partial charge in [-0.05, 0) is 68.0 Å². The van der Waals surface area contributed by atoms with Crippen LogP contribution < -0.4 is 0 Å². The van der Waals surface area contributed by atoms with Gasteiger partial charge in [0, 0.05) is 16.1 Å². The maximum atomic E-state index is 6.11. The molecule has 0 N–H and O–H groups in total. The minimum Gasteiger partial charge on any atom is -0.297 e. The Morgan fingerprint density at radius 3 is 2.00 bits per heavy atom. The van der Waals surface area contributed by atoms with E-state index in [1.54, 1.807) is 6.07 Å². The zero-order chi connectivity index (χ0) is 14.9. The van der Waals surface area contributed by atoms with Gasteiger partial charge < -0.3 is 0 Å². The summed E-state index contributed by atoms with van der Waals surface area (Å²) in [5.41, 5.74) is 1.64. The molecule has 0 saturated carbocycles. The summed E-state index contributed by atoms with van der Waals surface area (Å²) in [5.74, 6) is 0.828. The van der Waals surface area contributed by atoms with E-state index in [4.69, 9.17) is 23.2 Å². The molecule has 1 aromatic rings. The molecule has 1 heterocycles. The lowest BCUT2D eigenvalue weighted by atomic mass is 9.75. The van der Waals surface area contributed by atoms with E-state index in [0.29, 0.717) is 11.5 Å². The Kier molecular flexibility index (Phi) is 5.05. The van der Waals surface area contributed by atoms with Crippen LogP contribution in [0.3, 0.4) is 0 Å². The summed E-state index contributed by atoms with van der Waals surface area (Å²) >= 11 is 12.2. The summed E-state index contributed by atoms with van der Waals surface area (Å²) in [7, 11) is 0. The van der Waals surface area contributed by atoms with Gasteiger partial charge in [0.25, 0.3) is 0 Å². The van der Waals surface area contributed by atoms with Crippen molar-refractivity contribution in [2.75, 3.05) is 13.1 Å². The molecular weight excluding hydrogens is 289 g/mol. The van der Waals surface area contributed by atoms with Gasteiger partial charge in [-0.25, -0.2) is 0 Å². The lowest BCUT2D eigenvalue weighted by Gasteiger charge is -2.41. The van der Waals surface area contributed by atoms with Crippen LogP contribution in [0.4, 0.5) is 0 Å². The molecule has 20 heavy (non-hydrogen) atoms. The Labute approximate surface area is 133 Å². The van der Waals surface area contributed by atoms with Gasteiger partial charge >= 0.3 is 0 Å². The molecule has 0 bridgehead atoms. The van der Waals surface area contributed by atoms with E-state index in [-0.39, 0.29) is 0 Å². The highest BCUT2D eigenvalue weighted by atomic mass is 35.5. The average Bonchev–Trinajstić information content (AvgIpc) is 2.36. The molecular formula is C17H25Cl2N. The molecule has 0 aromatic heterocycles. The van der Waals surface area contributed by atoms with Crippen LogP contribution in [0.1, 0.15) is 52.1 Å². The Bertz CT molecular complexity index is 436. The molecule has 2 rings (SSSR count). The van der Waals surface area contributed by atoms with Crippen molar-refractivity contribution in [3.8, 4) is 0 Å². The van der Waals surface area contributed by atoms with Gasteiger partial charge in [0.05, 0.1) is 0 Å². The normalized spacial score (nSPS) is 20.1. The van der Waals surface area contributed by atoms with Crippen LogP contribution >= 0.6 is 23.2 Å². The first-order chi connectivity index (χ1) is 9.27. The number of hydrogen-bond donors (Lipinski definition) is 0. The molecule has 112 valence electrons. The summed E-state index contributed by atoms with van der Waals surface area (Å²) in [5, 5.41) is 1.45. The highest BCUT2D eigenvalue weighted by Gasteiger charge is 2.30. The van der Waals surface area contributed by atoms with Crippen LogP contribution in [0, 0.1) is 11.3 Å². The number of hydrogen-bond acceptors (Lipinski definition) is 1. The fraction of sp³-hybridized carbons (Fsp3) is 0.647. The number of benzene rings is 1. The van der Waals surface area contributed by atoms with Gasteiger partial charge in [0.1, 0.15) is 0 Å². The predicted molar refractivity (Wildman–Crippen MR) is 88.6 cm³/mol. The van der Waals surface area contributed by atoms with Crippen molar-refractivity contribution in [1.29, 1.82) is 0 Å². The Hall–Kier alpha value is -0.240. The van der Waals surface area contributed by atoms with Crippen molar-refractivity contribution in [2.45, 2.75) is 46.6 Å². The van der Waals surface area contributed by atoms with Gasteiger partial charge in [-0.15, -0.1) is 0 Å². The molecule has 1 aromatic carbocycles. The maximum absolute atomic E-state index is 6.11. The molecule has 1 fully saturated rings. The number of nitrogens with zero attached hydrogens (tertiary/aromatic N) is 1. The van der Waals surface area contributed by atoms with Crippen LogP contribution in [0.15, 0.2) is 18.2 Å². The first-order valence-electron chi connectivity index (χ1n) is 7.47. The topological polar surface area (TPSA) is 3.24 Å². The average molecular weight is 314 g/mol. The Balaban J connectivity index is 2.03. The number of rotatable bonds is 2. The second kappa shape index (κ2) is 6.25. The second-order valence-corrected chi connectivity index (χ2v) is 7.93. The molecule has 0 spiro atoms. The Morgan fingerprint density at radius 2 is 1.55 bits per heavy atom. The van der Waals surface area contributed by atoms with Crippen molar-refractivity contribution in [2.24, 2.45) is 11.3 Å². The lowest BCUT2D eigenvalue weighted by molar-refractivity contribution is 0.0878. The van der Waals surface area contributed by atoms with Crippen molar-refractivity contribution >= 4 is 23.2 Å². The molecule has 1 aliphatic heterocycles. The predicted octanol–water partition coefficient (Wildman–Crippen LogP) is 5.81. The standard InChI is InChI=1S/C17H25Cl2N/c1-12(13-9-15(18)11-16(19)10-13)20-7-5-14(6-8-20)17(2,3)4/h9-12,14H,5-8H2,1-4H3/t12-/m0/s1. The summed E-state index contributed by atoms with van der Waals surface area (Å²) < 4.78 is 0. The summed E-state index contributed by atoms with van der Waals surface area (Å²) in [6, 6.07) is 6.25. The van der Waals surface area contributed by atoms with Crippen molar-refractivity contribution < 1.29 is 0 Å². The van der Waals surface area contributed by atoms with E-state index in [1.807, 2.05) is 12.1 Å². The third-order valence-corrected chi connectivity index (χ3v) is 5.11. The number of halogens is 2. The smallest absolute Gasteiger partial charge is 0.0424 e. The van der Waals surface area contributed by atoms with E-state index >= 15 is 0 Å². The molecule has 0 unspecified atom stereocenters. The SMILES string of the molecule is C[C@@H](c1cc(Cl)cc(Cl)c1)N1CCC(C(C)(C)C)CC1. The maximum Gasteiger partial charge on any atom is 0.0424 e. The number of piperidine rings is 1. The van der Waals surface area contributed by atoms with Crippen LogP contribution in [0.25, 0.3) is 0 Å². The first-order valence-corrected chi connectivity index (χ1v) is 8.23. The molecule has 1 saturated heterocycles. The zero-order valence-corrected chi connectivity index (χ0v) is 14.4. The Morgan fingerprint density at radius 1 is 1.05 bits per heavy atom. The molecule has 0 amide bonds. The minimum atomic E-state index is 0.382. The highest BCUT2D eigenvalue weighted by molar-refractivity contribution is 6.34. The van der Waals surface area contributed by atoms with Crippen molar-refractivity contribution in [3.63, 3.8) is 0 Å². The highest BCUT2D eigenvalue weighted by Crippen LogP contribution is 2.37. The molecule has 0 radical (unpaired) electrons. The molecule has 3 heteroatoms. The fourth-order valence-corrected chi connectivity index (χ4v) is 3.72. The fourth-order valence-electron chi connectivity index (χ4n) is 3.18. The number of likely N-dealkylation sites (tertiary alicyclic amines) is 1. The van der Waals surface area contributed by atoms with Gasteiger partial charge in [-0.1, -0.05) is 44.0 Å². The van der Waals surface area contributed by atoms with Crippen LogP contribution in [0.5, 0.6) is 0 Å². The minimum absolute atomic E-state index is 0.382. The van der Waals surface area contributed by atoms with Gasteiger partial charge in [-0.2, -0.15) is 0 Å². The third kappa shape index (κ3) is 3.90. The van der Waals surface area contributed by atoms with E-state index in [9.17, 15) is 0 Å². The zero-order valence-electron chi connectivity index (χ0n) is 12.9. The first kappa shape index (κ1) is 16.1. The third-order valence-electron chi connectivity index (χ3n) is 4.67. The monoisotopic (exact) mass is 313 g/mol. The summed E-state index contributed by atoms with van der Waals surface area (Å²) in [6.07, 6.45) is 2.56. The van der Waals surface area contributed by atoms with Crippen molar-refractivity contribution in [1.82, 2.24) is 4.90 Å². The van der Waals surface area contributed by atoms with E-state index in [1.165, 1.54) is 18.4 Å². The quantitative estimate of drug-likeness (QED) is 0.665. The van der Waals surface area contributed by atoms with Crippen LogP contribution in [0.2, 0.25) is 10.0 Å². The van der Waals surface area contributed by atoms with E-state index in [2.05, 4.69) is 32.6 Å². The van der Waals surface area contributed by atoms with Crippen LogP contribution in [-0.2, 0) is 0 Å². The second-order valence-electron chi connectivity index (χ2n) is 7.06. The van der Waals surface area contributed by atoms with E-state index in [0.717, 1.165) is 29.1 Å². The van der Waals surface area contributed by atoms with E-state index < -0.39 is 0 Å². The summed E-state index contributed by atoms with van der Waals surface area (Å²) in [4.78, 5) is 2.55. The molecule has 1 aliphatic rings.